The highest BCUT2D eigenvalue weighted by Gasteiger charge is 2.24. The van der Waals surface area contributed by atoms with Crippen LogP contribution < -0.4 is 11.1 Å². The van der Waals surface area contributed by atoms with E-state index in [0.29, 0.717) is 6.54 Å². The van der Waals surface area contributed by atoms with Gasteiger partial charge in [-0.2, -0.15) is 0 Å². The molecule has 14 heavy (non-hydrogen) atoms. The summed E-state index contributed by atoms with van der Waals surface area (Å²) in [5.74, 6) is 1.11. The van der Waals surface area contributed by atoms with Crippen LogP contribution in [0.25, 0.3) is 0 Å². The smallest absolute Gasteiger partial charge is 0.0486 e. The topological polar surface area (TPSA) is 38.0 Å². The molecule has 0 atom stereocenters. The molecule has 76 valence electrons. The summed E-state index contributed by atoms with van der Waals surface area (Å²) in [5.41, 5.74) is 8.22. The number of thioether (sulfide) groups is 1. The lowest BCUT2D eigenvalue weighted by Gasteiger charge is -2.33. The highest BCUT2D eigenvalue weighted by molar-refractivity contribution is 7.99. The van der Waals surface area contributed by atoms with Crippen molar-refractivity contribution < 1.29 is 0 Å². The average molecular weight is 208 g/mol. The molecule has 0 aliphatic carbocycles. The molecule has 1 aromatic rings. The Morgan fingerprint density at radius 1 is 1.50 bits per heavy atom. The highest BCUT2D eigenvalue weighted by atomic mass is 32.2. The third kappa shape index (κ3) is 1.88. The molecule has 0 radical (unpaired) electrons. The van der Waals surface area contributed by atoms with Crippen molar-refractivity contribution in [2.45, 2.75) is 30.8 Å². The molecule has 1 aliphatic heterocycles. The molecular formula is C11H16N2S. The van der Waals surface area contributed by atoms with Gasteiger partial charge in [0, 0.05) is 28.4 Å². The van der Waals surface area contributed by atoms with Crippen molar-refractivity contribution in [3.8, 4) is 0 Å². The summed E-state index contributed by atoms with van der Waals surface area (Å²) in [4.78, 5) is 1.33. The van der Waals surface area contributed by atoms with Crippen molar-refractivity contribution in [3.05, 3.63) is 23.8 Å². The van der Waals surface area contributed by atoms with E-state index in [-0.39, 0.29) is 5.54 Å². The summed E-state index contributed by atoms with van der Waals surface area (Å²) in [6.07, 6.45) is 0. The Kier molecular flexibility index (Phi) is 2.45. The van der Waals surface area contributed by atoms with Crippen LogP contribution in [0.4, 0.5) is 5.69 Å². The van der Waals surface area contributed by atoms with Crippen molar-refractivity contribution in [3.63, 3.8) is 0 Å². The van der Waals surface area contributed by atoms with Crippen LogP contribution in [0.5, 0.6) is 0 Å². The molecule has 0 saturated carbocycles. The van der Waals surface area contributed by atoms with Crippen LogP contribution >= 0.6 is 11.8 Å². The van der Waals surface area contributed by atoms with E-state index < -0.39 is 0 Å². The molecule has 0 unspecified atom stereocenters. The zero-order valence-corrected chi connectivity index (χ0v) is 9.45. The number of hydrogen-bond acceptors (Lipinski definition) is 3. The Bertz CT molecular complexity index is 347. The standard InChI is InChI=1S/C11H16N2S/c1-11(2)7-14-10-4-3-8(6-12)5-9(10)13-11/h3-5,13H,6-7,12H2,1-2H3. The second-order valence-electron chi connectivity index (χ2n) is 4.33. The van der Waals surface area contributed by atoms with Crippen molar-refractivity contribution in [1.82, 2.24) is 0 Å². The predicted molar refractivity (Wildman–Crippen MR) is 62.8 cm³/mol. The number of benzene rings is 1. The number of fused-ring (bicyclic) bond motifs is 1. The molecule has 0 bridgehead atoms. The molecule has 3 heteroatoms. The van der Waals surface area contributed by atoms with Gasteiger partial charge in [-0.15, -0.1) is 11.8 Å². The minimum absolute atomic E-state index is 0.185. The average Bonchev–Trinajstić information content (AvgIpc) is 2.15. The zero-order chi connectivity index (χ0) is 10.2. The zero-order valence-electron chi connectivity index (χ0n) is 8.63. The summed E-state index contributed by atoms with van der Waals surface area (Å²) >= 11 is 1.91. The molecule has 1 aromatic carbocycles. The Morgan fingerprint density at radius 2 is 2.29 bits per heavy atom. The first kappa shape index (κ1) is 9.87. The fraction of sp³-hybridized carbons (Fsp3) is 0.455. The molecule has 1 heterocycles. The van der Waals surface area contributed by atoms with Gasteiger partial charge in [0.05, 0.1) is 0 Å². The largest absolute Gasteiger partial charge is 0.378 e. The predicted octanol–water partition coefficient (Wildman–Crippen LogP) is 2.44. The van der Waals surface area contributed by atoms with Gasteiger partial charge in [-0.25, -0.2) is 0 Å². The summed E-state index contributed by atoms with van der Waals surface area (Å²) in [6.45, 7) is 5.05. The first-order valence-electron chi connectivity index (χ1n) is 4.85. The molecule has 0 fully saturated rings. The molecule has 1 aliphatic rings. The van der Waals surface area contributed by atoms with E-state index >= 15 is 0 Å². The summed E-state index contributed by atoms with van der Waals surface area (Å²) < 4.78 is 0. The van der Waals surface area contributed by atoms with Crippen molar-refractivity contribution in [2.75, 3.05) is 11.1 Å². The molecule has 3 N–H and O–H groups in total. The normalized spacial score (nSPS) is 18.5. The third-order valence-electron chi connectivity index (χ3n) is 2.34. The maximum Gasteiger partial charge on any atom is 0.0486 e. The lowest BCUT2D eigenvalue weighted by Crippen LogP contribution is -2.36. The Labute approximate surface area is 89.3 Å². The Hall–Kier alpha value is -0.670. The lowest BCUT2D eigenvalue weighted by atomic mass is 10.1. The van der Waals surface area contributed by atoms with E-state index in [0.717, 1.165) is 5.75 Å². The fourth-order valence-electron chi connectivity index (χ4n) is 1.59. The summed E-state index contributed by atoms with van der Waals surface area (Å²) in [7, 11) is 0. The van der Waals surface area contributed by atoms with Crippen molar-refractivity contribution in [1.29, 1.82) is 0 Å². The van der Waals surface area contributed by atoms with Gasteiger partial charge < -0.3 is 11.1 Å². The van der Waals surface area contributed by atoms with Gasteiger partial charge in [0.2, 0.25) is 0 Å². The number of nitrogens with one attached hydrogen (secondary N) is 1. The molecular weight excluding hydrogens is 192 g/mol. The number of hydrogen-bond donors (Lipinski definition) is 2. The second-order valence-corrected chi connectivity index (χ2v) is 5.35. The van der Waals surface area contributed by atoms with Gasteiger partial charge in [0.15, 0.2) is 0 Å². The molecule has 0 aromatic heterocycles. The third-order valence-corrected chi connectivity index (χ3v) is 3.87. The Balaban J connectivity index is 2.34. The minimum atomic E-state index is 0.185. The SMILES string of the molecule is CC1(C)CSc2ccc(CN)cc2N1. The van der Waals surface area contributed by atoms with Gasteiger partial charge in [-0.1, -0.05) is 6.07 Å². The maximum absolute atomic E-state index is 5.62. The molecule has 0 spiro atoms. The van der Waals surface area contributed by atoms with Crippen LogP contribution in [-0.4, -0.2) is 11.3 Å². The number of anilines is 1. The first-order chi connectivity index (χ1) is 6.61. The van der Waals surface area contributed by atoms with E-state index in [1.54, 1.807) is 0 Å². The maximum atomic E-state index is 5.62. The first-order valence-corrected chi connectivity index (χ1v) is 5.83. The van der Waals surface area contributed by atoms with Crippen LogP contribution in [0, 0.1) is 0 Å². The Morgan fingerprint density at radius 3 is 3.00 bits per heavy atom. The van der Waals surface area contributed by atoms with Gasteiger partial charge >= 0.3 is 0 Å². The van der Waals surface area contributed by atoms with Crippen LogP contribution in [0.1, 0.15) is 19.4 Å². The number of rotatable bonds is 1. The van der Waals surface area contributed by atoms with Crippen molar-refractivity contribution >= 4 is 17.4 Å². The van der Waals surface area contributed by atoms with Crippen LogP contribution in [0.3, 0.4) is 0 Å². The van der Waals surface area contributed by atoms with E-state index in [1.165, 1.54) is 16.1 Å². The fourth-order valence-corrected chi connectivity index (χ4v) is 2.60. The quantitative estimate of drug-likeness (QED) is 0.744. The van der Waals surface area contributed by atoms with Crippen LogP contribution in [-0.2, 0) is 6.54 Å². The molecule has 2 nitrogen and oxygen atoms in total. The van der Waals surface area contributed by atoms with Gasteiger partial charge in [-0.3, -0.25) is 0 Å². The number of nitrogens with two attached hydrogens (primary N) is 1. The second kappa shape index (κ2) is 3.48. The molecule has 0 amide bonds. The van der Waals surface area contributed by atoms with E-state index in [2.05, 4.69) is 37.4 Å². The molecule has 2 rings (SSSR count). The summed E-state index contributed by atoms with van der Waals surface area (Å²) in [5, 5.41) is 3.53. The van der Waals surface area contributed by atoms with E-state index in [9.17, 15) is 0 Å². The van der Waals surface area contributed by atoms with Crippen LogP contribution in [0.15, 0.2) is 23.1 Å². The summed E-state index contributed by atoms with van der Waals surface area (Å²) in [6, 6.07) is 6.42. The van der Waals surface area contributed by atoms with E-state index in [4.69, 9.17) is 5.73 Å². The monoisotopic (exact) mass is 208 g/mol. The lowest BCUT2D eigenvalue weighted by molar-refractivity contribution is 0.637. The van der Waals surface area contributed by atoms with E-state index in [1.807, 2.05) is 11.8 Å². The molecule has 0 saturated heterocycles. The van der Waals surface area contributed by atoms with Crippen molar-refractivity contribution in [2.24, 2.45) is 5.73 Å². The van der Waals surface area contributed by atoms with Gasteiger partial charge in [0.25, 0.3) is 0 Å². The highest BCUT2D eigenvalue weighted by Crippen LogP contribution is 2.37. The van der Waals surface area contributed by atoms with Gasteiger partial charge in [0.1, 0.15) is 0 Å². The van der Waals surface area contributed by atoms with Crippen LogP contribution in [0.2, 0.25) is 0 Å². The van der Waals surface area contributed by atoms with Gasteiger partial charge in [-0.05, 0) is 31.5 Å². The minimum Gasteiger partial charge on any atom is -0.378 e.